The minimum absolute atomic E-state index is 0.130. The molecule has 1 saturated heterocycles. The van der Waals surface area contributed by atoms with E-state index in [1.54, 1.807) is 0 Å². The molecule has 6 heteroatoms. The second-order valence-electron chi connectivity index (χ2n) is 5.74. The van der Waals surface area contributed by atoms with Crippen LogP contribution < -0.4 is 11.3 Å². The Bertz CT molecular complexity index is 453. The first kappa shape index (κ1) is 16.3. The fraction of sp³-hybridized carbons (Fsp3) is 0.600. The van der Waals surface area contributed by atoms with Crippen LogP contribution >= 0.6 is 0 Å². The van der Waals surface area contributed by atoms with Crippen LogP contribution in [-0.2, 0) is 17.3 Å². The van der Waals surface area contributed by atoms with E-state index in [2.05, 4.69) is 5.43 Å². The van der Waals surface area contributed by atoms with E-state index in [4.69, 9.17) is 10.6 Å². The molecule has 0 saturated carbocycles. The van der Waals surface area contributed by atoms with Crippen molar-refractivity contribution < 1.29 is 17.9 Å². The van der Waals surface area contributed by atoms with Crippen LogP contribution in [0.3, 0.4) is 0 Å². The number of halogens is 3. The number of nitrogens with two attached hydrogens (primary N) is 1. The van der Waals surface area contributed by atoms with Gasteiger partial charge in [-0.15, -0.1) is 0 Å². The normalized spacial score (nSPS) is 24.8. The summed E-state index contributed by atoms with van der Waals surface area (Å²) in [7, 11) is 0. The molecule has 1 aromatic rings. The van der Waals surface area contributed by atoms with E-state index < -0.39 is 11.7 Å². The molecule has 1 aromatic carbocycles. The van der Waals surface area contributed by atoms with Crippen molar-refractivity contribution in [2.45, 2.75) is 50.4 Å². The van der Waals surface area contributed by atoms with Gasteiger partial charge in [0.05, 0.1) is 17.2 Å². The monoisotopic (exact) mass is 302 g/mol. The van der Waals surface area contributed by atoms with Crippen molar-refractivity contribution in [3.05, 3.63) is 35.4 Å². The van der Waals surface area contributed by atoms with Gasteiger partial charge in [0.25, 0.3) is 0 Å². The first-order valence-electron chi connectivity index (χ1n) is 7.11. The Hall–Kier alpha value is -1.11. The van der Waals surface area contributed by atoms with E-state index in [1.165, 1.54) is 12.1 Å². The molecule has 1 heterocycles. The highest BCUT2D eigenvalue weighted by Crippen LogP contribution is 2.31. The molecule has 0 radical (unpaired) electrons. The standard InChI is InChI=1S/C15H21F3N2O/c1-14(8-2-3-9-21-14)13(20-19)10-11-4-6-12(7-5-11)15(16,17)18/h4-7,13,20H,2-3,8-10,19H2,1H3. The number of nitrogens with one attached hydrogen (secondary N) is 1. The van der Waals surface area contributed by atoms with Gasteiger partial charge in [-0.1, -0.05) is 12.1 Å². The molecule has 2 rings (SSSR count). The Balaban J connectivity index is 2.08. The number of hydrazine groups is 1. The van der Waals surface area contributed by atoms with Gasteiger partial charge in [0.1, 0.15) is 0 Å². The fourth-order valence-corrected chi connectivity index (χ4v) is 2.75. The zero-order valence-electron chi connectivity index (χ0n) is 12.0. The lowest BCUT2D eigenvalue weighted by Gasteiger charge is -2.40. The van der Waals surface area contributed by atoms with Crippen LogP contribution in [0, 0.1) is 0 Å². The average molecular weight is 302 g/mol. The highest BCUT2D eigenvalue weighted by atomic mass is 19.4. The number of rotatable bonds is 4. The Morgan fingerprint density at radius 2 is 1.95 bits per heavy atom. The summed E-state index contributed by atoms with van der Waals surface area (Å²) in [6.07, 6.45) is -0.773. The second kappa shape index (κ2) is 6.34. The fourth-order valence-electron chi connectivity index (χ4n) is 2.75. The van der Waals surface area contributed by atoms with Gasteiger partial charge in [0.15, 0.2) is 0 Å². The van der Waals surface area contributed by atoms with Gasteiger partial charge < -0.3 is 4.74 Å². The van der Waals surface area contributed by atoms with Crippen LogP contribution in [0.1, 0.15) is 37.3 Å². The lowest BCUT2D eigenvalue weighted by Crippen LogP contribution is -2.55. The highest BCUT2D eigenvalue weighted by Gasteiger charge is 2.36. The lowest BCUT2D eigenvalue weighted by atomic mass is 9.85. The van der Waals surface area contributed by atoms with Gasteiger partial charge in [-0.05, 0) is 50.3 Å². The predicted octanol–water partition coefficient (Wildman–Crippen LogP) is 3.04. The lowest BCUT2D eigenvalue weighted by molar-refractivity contribution is -0.137. The summed E-state index contributed by atoms with van der Waals surface area (Å²) in [6.45, 7) is 2.70. The van der Waals surface area contributed by atoms with Gasteiger partial charge in [-0.3, -0.25) is 11.3 Å². The number of benzene rings is 1. The van der Waals surface area contributed by atoms with Crippen molar-refractivity contribution in [2.75, 3.05) is 6.61 Å². The largest absolute Gasteiger partial charge is 0.416 e. The molecule has 2 unspecified atom stereocenters. The van der Waals surface area contributed by atoms with Crippen LogP contribution in [0.25, 0.3) is 0 Å². The third-order valence-electron chi connectivity index (χ3n) is 4.16. The van der Waals surface area contributed by atoms with Gasteiger partial charge >= 0.3 is 6.18 Å². The number of hydrogen-bond acceptors (Lipinski definition) is 3. The molecule has 0 amide bonds. The summed E-state index contributed by atoms with van der Waals surface area (Å²) >= 11 is 0. The molecule has 118 valence electrons. The number of alkyl halides is 3. The minimum Gasteiger partial charge on any atom is -0.374 e. The molecule has 1 aliphatic heterocycles. The highest BCUT2D eigenvalue weighted by molar-refractivity contribution is 5.25. The third-order valence-corrected chi connectivity index (χ3v) is 4.16. The van der Waals surface area contributed by atoms with Crippen LogP contribution in [-0.4, -0.2) is 18.2 Å². The van der Waals surface area contributed by atoms with E-state index in [9.17, 15) is 13.2 Å². The summed E-state index contributed by atoms with van der Waals surface area (Å²) < 4.78 is 43.5. The molecule has 0 aromatic heterocycles. The maximum atomic E-state index is 12.5. The van der Waals surface area contributed by atoms with Crippen molar-refractivity contribution in [3.63, 3.8) is 0 Å². The van der Waals surface area contributed by atoms with Crippen LogP contribution in [0.4, 0.5) is 13.2 Å². The van der Waals surface area contributed by atoms with Crippen molar-refractivity contribution in [2.24, 2.45) is 5.84 Å². The van der Waals surface area contributed by atoms with E-state index in [-0.39, 0.29) is 11.6 Å². The smallest absolute Gasteiger partial charge is 0.374 e. The molecule has 3 nitrogen and oxygen atoms in total. The summed E-state index contributed by atoms with van der Waals surface area (Å²) in [4.78, 5) is 0. The summed E-state index contributed by atoms with van der Waals surface area (Å²) in [5, 5.41) is 0. The van der Waals surface area contributed by atoms with Crippen LogP contribution in [0.2, 0.25) is 0 Å². The Kier molecular flexibility index (Phi) is 4.91. The first-order chi connectivity index (χ1) is 9.85. The van der Waals surface area contributed by atoms with E-state index >= 15 is 0 Å². The zero-order valence-corrected chi connectivity index (χ0v) is 12.0. The van der Waals surface area contributed by atoms with Crippen LogP contribution in [0.5, 0.6) is 0 Å². The number of ether oxygens (including phenoxy) is 1. The molecule has 1 aliphatic rings. The molecule has 21 heavy (non-hydrogen) atoms. The van der Waals surface area contributed by atoms with Crippen molar-refractivity contribution in [1.29, 1.82) is 0 Å². The number of hydrogen-bond donors (Lipinski definition) is 2. The molecule has 0 spiro atoms. The molecular formula is C15H21F3N2O. The Labute approximate surface area is 122 Å². The summed E-state index contributed by atoms with van der Waals surface area (Å²) in [6, 6.07) is 5.08. The molecule has 2 atom stereocenters. The maximum absolute atomic E-state index is 12.5. The van der Waals surface area contributed by atoms with Crippen molar-refractivity contribution in [1.82, 2.24) is 5.43 Å². The van der Waals surface area contributed by atoms with Gasteiger partial charge in [0, 0.05) is 6.61 Å². The first-order valence-corrected chi connectivity index (χ1v) is 7.11. The van der Waals surface area contributed by atoms with Crippen molar-refractivity contribution >= 4 is 0 Å². The van der Waals surface area contributed by atoms with E-state index in [1.807, 2.05) is 6.92 Å². The summed E-state index contributed by atoms with van der Waals surface area (Å²) in [5.74, 6) is 5.63. The van der Waals surface area contributed by atoms with Gasteiger partial charge in [-0.25, -0.2) is 0 Å². The quantitative estimate of drug-likeness (QED) is 0.664. The second-order valence-corrected chi connectivity index (χ2v) is 5.74. The molecular weight excluding hydrogens is 281 g/mol. The molecule has 1 fully saturated rings. The SMILES string of the molecule is CC1(C(Cc2ccc(C(F)(F)F)cc2)NN)CCCCO1. The Morgan fingerprint density at radius 1 is 1.29 bits per heavy atom. The van der Waals surface area contributed by atoms with Gasteiger partial charge in [0.2, 0.25) is 0 Å². The predicted molar refractivity (Wildman–Crippen MR) is 74.5 cm³/mol. The Morgan fingerprint density at radius 3 is 2.43 bits per heavy atom. The summed E-state index contributed by atoms with van der Waals surface area (Å²) in [5.41, 5.74) is 2.55. The molecule has 0 bridgehead atoms. The van der Waals surface area contributed by atoms with Crippen molar-refractivity contribution in [3.8, 4) is 0 Å². The average Bonchev–Trinajstić information content (AvgIpc) is 2.45. The van der Waals surface area contributed by atoms with E-state index in [0.29, 0.717) is 13.0 Å². The van der Waals surface area contributed by atoms with Gasteiger partial charge in [-0.2, -0.15) is 13.2 Å². The van der Waals surface area contributed by atoms with Crippen LogP contribution in [0.15, 0.2) is 24.3 Å². The zero-order chi connectivity index (χ0) is 15.5. The topological polar surface area (TPSA) is 47.3 Å². The molecule has 0 aliphatic carbocycles. The third kappa shape index (κ3) is 3.96. The maximum Gasteiger partial charge on any atom is 0.416 e. The molecule has 3 N–H and O–H groups in total. The minimum atomic E-state index is -4.30. The van der Waals surface area contributed by atoms with E-state index in [0.717, 1.165) is 37.0 Å².